The number of rotatable bonds is 3. The van der Waals surface area contributed by atoms with Gasteiger partial charge in [-0.1, -0.05) is 16.5 Å². The van der Waals surface area contributed by atoms with E-state index in [1.807, 2.05) is 0 Å². The van der Waals surface area contributed by atoms with Crippen LogP contribution in [0.15, 0.2) is 21.6 Å². The van der Waals surface area contributed by atoms with E-state index >= 15 is 0 Å². The highest BCUT2D eigenvalue weighted by Crippen LogP contribution is 2.27. The van der Waals surface area contributed by atoms with Gasteiger partial charge in [-0.2, -0.15) is 4.39 Å². The molecule has 2 heterocycles. The van der Waals surface area contributed by atoms with E-state index < -0.39 is 27.7 Å². The van der Waals surface area contributed by atoms with Gasteiger partial charge in [0.2, 0.25) is 11.4 Å². The van der Waals surface area contributed by atoms with Crippen LogP contribution in [-0.4, -0.2) is 21.1 Å². The van der Waals surface area contributed by atoms with Crippen molar-refractivity contribution < 1.29 is 23.2 Å². The van der Waals surface area contributed by atoms with Crippen molar-refractivity contribution in [2.24, 2.45) is 0 Å². The van der Waals surface area contributed by atoms with Crippen LogP contribution < -0.4 is 4.87 Å². The first-order valence-corrected chi connectivity index (χ1v) is 6.43. The summed E-state index contributed by atoms with van der Waals surface area (Å²) in [4.78, 5) is 22.4. The van der Waals surface area contributed by atoms with Crippen LogP contribution in [-0.2, 0) is 6.61 Å². The molecule has 108 valence electrons. The molecule has 1 N–H and O–H groups in total. The summed E-state index contributed by atoms with van der Waals surface area (Å²) in [5, 5.41) is 12.5. The summed E-state index contributed by atoms with van der Waals surface area (Å²) in [5.41, 5.74) is -0.994. The molecule has 2 aromatic heterocycles. The Hall–Kier alpha value is -2.39. The molecule has 21 heavy (non-hydrogen) atoms. The first-order valence-electron chi connectivity index (χ1n) is 5.62. The molecular weight excluding hydrogens is 306 g/mol. The molecule has 0 spiro atoms. The highest BCUT2D eigenvalue weighted by Gasteiger charge is 2.22. The lowest BCUT2D eigenvalue weighted by molar-refractivity contribution is 0.111. The fourth-order valence-corrected chi connectivity index (χ4v) is 2.57. The Morgan fingerprint density at radius 1 is 1.43 bits per heavy atom. The van der Waals surface area contributed by atoms with Crippen molar-refractivity contribution in [2.45, 2.75) is 6.61 Å². The van der Waals surface area contributed by atoms with Gasteiger partial charge in [0.25, 0.3) is 0 Å². The van der Waals surface area contributed by atoms with Gasteiger partial charge in [0.05, 0.1) is 22.4 Å². The normalized spacial score (nSPS) is 11.2. The Morgan fingerprint density at radius 2 is 2.19 bits per heavy atom. The zero-order chi connectivity index (χ0) is 15.1. The summed E-state index contributed by atoms with van der Waals surface area (Å²) in [7, 11) is 0. The Balaban J connectivity index is 2.34. The first kappa shape index (κ1) is 13.6. The fraction of sp³-hybridized carbons (Fsp3) is 0.0833. The second kappa shape index (κ2) is 4.86. The molecule has 0 aliphatic heterocycles. The minimum atomic E-state index is -1.35. The Kier molecular flexibility index (Phi) is 3.15. The molecule has 0 amide bonds. The van der Waals surface area contributed by atoms with Gasteiger partial charge in [-0.3, -0.25) is 14.2 Å². The number of hydrogen-bond acceptors (Lipinski definition) is 6. The molecular formula is C12H6F2N2O4S. The quantitative estimate of drug-likeness (QED) is 0.743. The zero-order valence-electron chi connectivity index (χ0n) is 10.2. The maximum Gasteiger partial charge on any atom is 0.313 e. The minimum absolute atomic E-state index is 0.0135. The second-order valence-electron chi connectivity index (χ2n) is 4.09. The van der Waals surface area contributed by atoms with Gasteiger partial charge < -0.3 is 9.63 Å². The Bertz CT molecular complexity index is 912. The molecule has 1 aromatic carbocycles. The van der Waals surface area contributed by atoms with Crippen molar-refractivity contribution >= 4 is 28.6 Å². The number of nitrogens with zero attached hydrogens (tertiary/aromatic N) is 2. The van der Waals surface area contributed by atoms with Crippen molar-refractivity contribution in [1.82, 2.24) is 9.72 Å². The standard InChI is InChI=1S/C12H6F2N2O4S/c13-8-5(3-17)1-7-10(9(8)14)20-15-11(7)16-2-6(4-18)21-12(16)19/h1-3,18H,4H2. The van der Waals surface area contributed by atoms with Crippen molar-refractivity contribution in [2.75, 3.05) is 0 Å². The predicted octanol–water partition coefficient (Wildman–Crippen LogP) is 1.62. The molecule has 3 rings (SSSR count). The maximum atomic E-state index is 13.8. The van der Waals surface area contributed by atoms with Crippen molar-refractivity contribution in [3.63, 3.8) is 0 Å². The number of halogens is 2. The SMILES string of the molecule is O=Cc1cc2c(-n3cc(CO)sc3=O)noc2c(F)c1F. The largest absolute Gasteiger partial charge is 0.391 e. The molecule has 3 aromatic rings. The third kappa shape index (κ3) is 1.98. The highest BCUT2D eigenvalue weighted by atomic mass is 32.1. The molecule has 0 saturated heterocycles. The number of carbonyl (C=O) groups excluding carboxylic acids is 1. The summed E-state index contributed by atoms with van der Waals surface area (Å²) in [6.07, 6.45) is 1.47. The van der Waals surface area contributed by atoms with E-state index in [4.69, 9.17) is 9.63 Å². The number of aldehydes is 1. The minimum Gasteiger partial charge on any atom is -0.391 e. The number of carbonyl (C=O) groups is 1. The monoisotopic (exact) mass is 312 g/mol. The van der Waals surface area contributed by atoms with Crippen LogP contribution in [0.1, 0.15) is 15.2 Å². The lowest BCUT2D eigenvalue weighted by Gasteiger charge is -1.98. The summed E-state index contributed by atoms with van der Waals surface area (Å²) in [6, 6.07) is 1.05. The molecule has 0 radical (unpaired) electrons. The van der Waals surface area contributed by atoms with Gasteiger partial charge in [-0.15, -0.1) is 0 Å². The lowest BCUT2D eigenvalue weighted by Crippen LogP contribution is -2.09. The molecule has 0 aliphatic rings. The van der Waals surface area contributed by atoms with Gasteiger partial charge >= 0.3 is 4.87 Å². The van der Waals surface area contributed by atoms with Gasteiger partial charge in [0.1, 0.15) is 0 Å². The van der Waals surface area contributed by atoms with Crippen LogP contribution >= 0.6 is 11.3 Å². The molecule has 0 unspecified atom stereocenters. The average molecular weight is 312 g/mol. The molecule has 0 bridgehead atoms. The van der Waals surface area contributed by atoms with E-state index in [-0.39, 0.29) is 24.1 Å². The van der Waals surface area contributed by atoms with Gasteiger partial charge in [0, 0.05) is 6.20 Å². The Labute approximate surface area is 118 Å². The van der Waals surface area contributed by atoms with Crippen LogP contribution in [0.2, 0.25) is 0 Å². The van der Waals surface area contributed by atoms with E-state index in [1.165, 1.54) is 6.20 Å². The van der Waals surface area contributed by atoms with Gasteiger partial charge in [-0.05, 0) is 6.07 Å². The summed E-state index contributed by atoms with van der Waals surface area (Å²) >= 11 is 0.777. The third-order valence-electron chi connectivity index (χ3n) is 2.85. The molecule has 6 nitrogen and oxygen atoms in total. The lowest BCUT2D eigenvalue weighted by atomic mass is 10.1. The van der Waals surface area contributed by atoms with E-state index in [9.17, 15) is 18.4 Å². The summed E-state index contributed by atoms with van der Waals surface area (Å²) in [5.74, 6) is -2.76. The molecule has 0 aliphatic carbocycles. The smallest absolute Gasteiger partial charge is 0.313 e. The Morgan fingerprint density at radius 3 is 2.81 bits per heavy atom. The van der Waals surface area contributed by atoms with Crippen molar-refractivity contribution in [3.8, 4) is 5.82 Å². The zero-order valence-corrected chi connectivity index (χ0v) is 11.0. The van der Waals surface area contributed by atoms with Crippen LogP contribution in [0.5, 0.6) is 0 Å². The molecule has 0 saturated carbocycles. The average Bonchev–Trinajstić information content (AvgIpc) is 3.05. The van der Waals surface area contributed by atoms with E-state index in [0.717, 1.165) is 22.0 Å². The number of thiazole rings is 1. The first-order chi connectivity index (χ1) is 10.1. The molecule has 9 heteroatoms. The van der Waals surface area contributed by atoms with Gasteiger partial charge in [0.15, 0.2) is 17.9 Å². The van der Waals surface area contributed by atoms with E-state index in [1.54, 1.807) is 0 Å². The van der Waals surface area contributed by atoms with Crippen molar-refractivity contribution in [1.29, 1.82) is 0 Å². The number of aliphatic hydroxyl groups is 1. The molecule has 0 fully saturated rings. The highest BCUT2D eigenvalue weighted by molar-refractivity contribution is 7.09. The summed E-state index contributed by atoms with van der Waals surface area (Å²) < 4.78 is 33.0. The number of aliphatic hydroxyl groups excluding tert-OH is 1. The summed E-state index contributed by atoms with van der Waals surface area (Å²) in [6.45, 7) is -0.342. The predicted molar refractivity (Wildman–Crippen MR) is 68.7 cm³/mol. The second-order valence-corrected chi connectivity index (χ2v) is 5.16. The number of benzene rings is 1. The van der Waals surface area contributed by atoms with E-state index in [2.05, 4.69) is 5.16 Å². The van der Waals surface area contributed by atoms with Crippen molar-refractivity contribution in [3.05, 3.63) is 44.0 Å². The fourth-order valence-electron chi connectivity index (χ4n) is 1.89. The van der Waals surface area contributed by atoms with Crippen LogP contribution in [0.25, 0.3) is 16.8 Å². The van der Waals surface area contributed by atoms with Crippen LogP contribution in [0, 0.1) is 11.6 Å². The maximum absolute atomic E-state index is 13.8. The third-order valence-corrected chi connectivity index (χ3v) is 3.72. The number of aromatic nitrogens is 2. The number of fused-ring (bicyclic) bond motifs is 1. The number of hydrogen-bond donors (Lipinski definition) is 1. The van der Waals surface area contributed by atoms with Crippen LogP contribution in [0.4, 0.5) is 8.78 Å². The van der Waals surface area contributed by atoms with Crippen LogP contribution in [0.3, 0.4) is 0 Å². The topological polar surface area (TPSA) is 85.3 Å². The molecule has 0 atom stereocenters. The van der Waals surface area contributed by atoms with E-state index in [0.29, 0.717) is 4.88 Å². The van der Waals surface area contributed by atoms with Gasteiger partial charge in [-0.25, -0.2) is 4.39 Å².